The first kappa shape index (κ1) is 32.2. The number of rotatable bonds is 9. The van der Waals surface area contributed by atoms with E-state index in [0.717, 1.165) is 11.6 Å². The van der Waals surface area contributed by atoms with Gasteiger partial charge in [-0.25, -0.2) is 8.78 Å². The Morgan fingerprint density at radius 2 is 1.84 bits per heavy atom. The van der Waals surface area contributed by atoms with E-state index in [2.05, 4.69) is 10.5 Å². The monoisotopic (exact) mass is 638 g/mol. The molecule has 1 amide bonds. The fourth-order valence-corrected chi connectivity index (χ4v) is 5.42. The molecule has 2 saturated heterocycles. The maximum Gasteiger partial charge on any atom is 0.247 e. The number of nitrogens with one attached hydrogen (secondary N) is 1. The van der Waals surface area contributed by atoms with Crippen LogP contribution in [-0.2, 0) is 30.4 Å². The van der Waals surface area contributed by atoms with E-state index in [4.69, 9.17) is 35.4 Å². The van der Waals surface area contributed by atoms with Crippen molar-refractivity contribution in [2.45, 2.75) is 82.0 Å². The molecule has 2 aromatic rings. The minimum Gasteiger partial charge on any atom is -0.459 e. The van der Waals surface area contributed by atoms with Crippen LogP contribution in [0, 0.1) is 5.82 Å². The topological polar surface area (TPSA) is 148 Å². The first-order valence-corrected chi connectivity index (χ1v) is 14.3. The van der Waals surface area contributed by atoms with E-state index in [1.54, 1.807) is 25.1 Å². The normalized spacial score (nSPS) is 32.3. The molecule has 0 radical (unpaired) electrons. The highest BCUT2D eigenvalue weighted by atomic mass is 35.5. The molecule has 5 rings (SSSR count). The van der Waals surface area contributed by atoms with Gasteiger partial charge in [0.05, 0.1) is 11.8 Å². The molecule has 3 aliphatic rings. The van der Waals surface area contributed by atoms with E-state index < -0.39 is 66.9 Å². The third-order valence-electron chi connectivity index (χ3n) is 7.73. The molecule has 44 heavy (non-hydrogen) atoms. The zero-order chi connectivity index (χ0) is 31.5. The van der Waals surface area contributed by atoms with Gasteiger partial charge in [0.15, 0.2) is 17.7 Å². The summed E-state index contributed by atoms with van der Waals surface area (Å²) in [6, 6.07) is 9.75. The molecule has 4 N–H and O–H groups in total. The average Bonchev–Trinajstić information content (AvgIpc) is 3.64. The molecular formula is C30H33ClF2N2O9. The maximum absolute atomic E-state index is 14.9. The van der Waals surface area contributed by atoms with Gasteiger partial charge in [0, 0.05) is 22.6 Å². The number of oxime groups is 1. The number of aliphatic hydroxyl groups is 3. The van der Waals surface area contributed by atoms with Crippen LogP contribution < -0.4 is 10.1 Å². The Bertz CT molecular complexity index is 1410. The highest BCUT2D eigenvalue weighted by Gasteiger charge is 2.53. The summed E-state index contributed by atoms with van der Waals surface area (Å²) in [4.78, 5) is 18.1. The molecule has 11 nitrogen and oxygen atoms in total. The standard InChI is InChI=1S/C30H33ClF2N2O9/c1-14(29(39)34-23-24(36)26(38)28-27(25(23)37)40-13-41-28)9-16-7-8-21(19(32)10-16)43-30-20(33)11-22(44-30)15(2)35-42-12-17-5-3-4-6-18(17)31/h3-10,20,22-28,30,36-38H,11-13H2,1-2H3,(H,34,39)/t20-,22-,23+,24-,25+,26+,27-,28+,30+/m0/s1. The summed E-state index contributed by atoms with van der Waals surface area (Å²) in [6.07, 6.45) is -8.43. The fourth-order valence-electron chi connectivity index (χ4n) is 5.23. The van der Waals surface area contributed by atoms with Crippen LogP contribution in [0.2, 0.25) is 5.02 Å². The van der Waals surface area contributed by atoms with Gasteiger partial charge in [0.2, 0.25) is 12.2 Å². The minimum absolute atomic E-state index is 0.0613. The largest absolute Gasteiger partial charge is 0.459 e. The number of amides is 1. The van der Waals surface area contributed by atoms with Crippen LogP contribution in [0.15, 0.2) is 53.2 Å². The number of aliphatic hydroxyl groups excluding tert-OH is 3. The molecule has 14 heteroatoms. The van der Waals surface area contributed by atoms with Crippen molar-refractivity contribution in [1.29, 1.82) is 0 Å². The molecule has 3 fully saturated rings. The molecule has 0 bridgehead atoms. The lowest BCUT2D eigenvalue weighted by atomic mass is 9.83. The second-order valence-corrected chi connectivity index (χ2v) is 11.2. The Labute approximate surface area is 256 Å². The molecule has 0 spiro atoms. The van der Waals surface area contributed by atoms with Crippen molar-refractivity contribution >= 4 is 29.3 Å². The van der Waals surface area contributed by atoms with Crippen molar-refractivity contribution in [2.24, 2.45) is 5.16 Å². The lowest BCUT2D eigenvalue weighted by molar-refractivity contribution is -0.155. The van der Waals surface area contributed by atoms with Crippen LogP contribution >= 0.6 is 11.6 Å². The smallest absolute Gasteiger partial charge is 0.247 e. The molecule has 238 valence electrons. The second-order valence-electron chi connectivity index (χ2n) is 10.8. The minimum atomic E-state index is -1.56. The summed E-state index contributed by atoms with van der Waals surface area (Å²) >= 11 is 6.11. The fraction of sp³-hybridized carbons (Fsp3) is 0.467. The van der Waals surface area contributed by atoms with Crippen molar-refractivity contribution in [3.05, 3.63) is 70.0 Å². The summed E-state index contributed by atoms with van der Waals surface area (Å²) in [5.41, 5.74) is 1.53. The Morgan fingerprint density at radius 1 is 1.11 bits per heavy atom. The van der Waals surface area contributed by atoms with Crippen molar-refractivity contribution in [3.63, 3.8) is 0 Å². The zero-order valence-corrected chi connectivity index (χ0v) is 24.6. The maximum atomic E-state index is 14.9. The van der Waals surface area contributed by atoms with Crippen molar-refractivity contribution in [2.75, 3.05) is 6.79 Å². The molecule has 2 heterocycles. The number of alkyl halides is 1. The Kier molecular flexibility index (Phi) is 10.2. The Hall–Kier alpha value is -3.17. The summed E-state index contributed by atoms with van der Waals surface area (Å²) in [7, 11) is 0. The van der Waals surface area contributed by atoms with Crippen LogP contribution in [0.4, 0.5) is 8.78 Å². The van der Waals surface area contributed by atoms with Crippen molar-refractivity contribution in [1.82, 2.24) is 5.32 Å². The number of halogens is 3. The molecule has 0 aromatic heterocycles. The zero-order valence-electron chi connectivity index (χ0n) is 23.8. The highest BCUT2D eigenvalue weighted by Crippen LogP contribution is 2.31. The Morgan fingerprint density at radius 3 is 2.57 bits per heavy atom. The molecule has 1 saturated carbocycles. The highest BCUT2D eigenvalue weighted by molar-refractivity contribution is 6.31. The first-order chi connectivity index (χ1) is 21.0. The van der Waals surface area contributed by atoms with E-state index in [-0.39, 0.29) is 31.1 Å². The number of ether oxygens (including phenoxy) is 4. The molecule has 1 aliphatic carbocycles. The summed E-state index contributed by atoms with van der Waals surface area (Å²) in [6.45, 7) is 3.04. The van der Waals surface area contributed by atoms with Crippen molar-refractivity contribution < 1.29 is 52.7 Å². The predicted molar refractivity (Wildman–Crippen MR) is 153 cm³/mol. The number of hydrogen-bond donors (Lipinski definition) is 4. The number of fused-ring (bicyclic) bond motifs is 1. The van der Waals surface area contributed by atoms with Crippen molar-refractivity contribution in [3.8, 4) is 5.75 Å². The number of carbonyl (C=O) groups is 1. The van der Waals surface area contributed by atoms with Crippen LogP contribution in [0.5, 0.6) is 5.75 Å². The van der Waals surface area contributed by atoms with E-state index in [1.807, 2.05) is 6.07 Å². The quantitative estimate of drug-likeness (QED) is 0.185. The van der Waals surface area contributed by atoms with Gasteiger partial charge in [0.1, 0.15) is 50.0 Å². The number of carbonyl (C=O) groups excluding carboxylic acids is 1. The second kappa shape index (κ2) is 13.9. The SMILES string of the molecule is CC(=Cc1ccc(O[C@@H]2O[C@H](C(C)=NOCc3ccccc3Cl)C[C@@H]2F)c(F)c1)C(=O)N[C@@H]1[C@H](O)[C@@H](O)[C@H]2OCO[C@H]2[C@@H]1O. The van der Waals surface area contributed by atoms with E-state index in [1.165, 1.54) is 25.1 Å². The van der Waals surface area contributed by atoms with Gasteiger partial charge in [-0.1, -0.05) is 41.0 Å². The van der Waals surface area contributed by atoms with Gasteiger partial charge in [0.25, 0.3) is 0 Å². The molecule has 9 atom stereocenters. The van der Waals surface area contributed by atoms with E-state index in [9.17, 15) is 28.9 Å². The third kappa shape index (κ3) is 7.04. The van der Waals surface area contributed by atoms with Gasteiger partial charge in [-0.15, -0.1) is 0 Å². The average molecular weight is 639 g/mol. The molecule has 2 aromatic carbocycles. The summed E-state index contributed by atoms with van der Waals surface area (Å²) in [5.74, 6) is -1.74. The lowest BCUT2D eigenvalue weighted by Crippen LogP contribution is -2.67. The van der Waals surface area contributed by atoms with Crippen LogP contribution in [-0.4, -0.2) is 88.9 Å². The number of benzene rings is 2. The third-order valence-corrected chi connectivity index (χ3v) is 8.10. The molecular weight excluding hydrogens is 606 g/mol. The van der Waals surface area contributed by atoms with Gasteiger partial charge in [-0.05, 0) is 43.7 Å². The van der Waals surface area contributed by atoms with Gasteiger partial charge in [-0.2, -0.15) is 0 Å². The summed E-state index contributed by atoms with van der Waals surface area (Å²) < 4.78 is 51.3. The van der Waals surface area contributed by atoms with Gasteiger partial charge < -0.3 is 44.4 Å². The van der Waals surface area contributed by atoms with Gasteiger partial charge in [-0.3, -0.25) is 4.79 Å². The first-order valence-electron chi connectivity index (χ1n) is 14.0. The molecule has 2 aliphatic heterocycles. The van der Waals surface area contributed by atoms with Crippen LogP contribution in [0.25, 0.3) is 6.08 Å². The Balaban J connectivity index is 1.16. The summed E-state index contributed by atoms with van der Waals surface area (Å²) in [5, 5.41) is 38.3. The molecule has 0 unspecified atom stereocenters. The number of nitrogens with zero attached hydrogens (tertiary/aromatic N) is 1. The van der Waals surface area contributed by atoms with E-state index in [0.29, 0.717) is 16.3 Å². The van der Waals surface area contributed by atoms with Crippen LogP contribution in [0.1, 0.15) is 31.4 Å². The van der Waals surface area contributed by atoms with E-state index >= 15 is 0 Å². The van der Waals surface area contributed by atoms with Crippen LogP contribution in [0.3, 0.4) is 0 Å². The predicted octanol–water partition coefficient (Wildman–Crippen LogP) is 2.63. The van der Waals surface area contributed by atoms with Gasteiger partial charge >= 0.3 is 0 Å². The lowest BCUT2D eigenvalue weighted by Gasteiger charge is -2.41. The number of hydrogen-bond acceptors (Lipinski definition) is 10.